The minimum Gasteiger partial charge on any atom is -0.431 e. The Bertz CT molecular complexity index is 1410. The van der Waals surface area contributed by atoms with E-state index in [1.165, 1.54) is 29.8 Å². The molecule has 0 bridgehead atoms. The van der Waals surface area contributed by atoms with Crippen molar-refractivity contribution in [1.82, 2.24) is 23.7 Å². The summed E-state index contributed by atoms with van der Waals surface area (Å²) >= 11 is 1.50. The smallest absolute Gasteiger partial charge is 0.332 e. The number of fused-ring (bicyclic) bond motifs is 2. The fraction of sp³-hybridized carbons (Fsp3) is 0.478. The summed E-state index contributed by atoms with van der Waals surface area (Å²) in [5.74, 6) is 2.46. The lowest BCUT2D eigenvalue weighted by Crippen LogP contribution is -2.40. The van der Waals surface area contributed by atoms with E-state index in [0.717, 1.165) is 34.7 Å². The molecule has 1 aliphatic heterocycles. The number of oxazole rings is 1. The van der Waals surface area contributed by atoms with E-state index in [1.54, 1.807) is 7.05 Å². The third kappa shape index (κ3) is 3.86. The zero-order valence-electron chi connectivity index (χ0n) is 19.3. The lowest BCUT2D eigenvalue weighted by molar-refractivity contribution is 0.352. The molecular formula is C23H28N6O3S. The molecule has 0 amide bonds. The molecule has 0 N–H and O–H groups in total. The molecule has 2 atom stereocenters. The summed E-state index contributed by atoms with van der Waals surface area (Å²) in [7, 11) is 3.18. The molecule has 0 saturated carbocycles. The van der Waals surface area contributed by atoms with Crippen molar-refractivity contribution >= 4 is 40.0 Å². The Morgan fingerprint density at radius 2 is 1.79 bits per heavy atom. The molecule has 174 valence electrons. The molecule has 33 heavy (non-hydrogen) atoms. The number of rotatable bonds is 5. The van der Waals surface area contributed by atoms with Crippen LogP contribution in [-0.4, -0.2) is 42.5 Å². The lowest BCUT2D eigenvalue weighted by Gasteiger charge is -2.35. The van der Waals surface area contributed by atoms with Crippen LogP contribution in [0.5, 0.6) is 0 Å². The summed E-state index contributed by atoms with van der Waals surface area (Å²) in [6, 6.07) is 7.68. The Morgan fingerprint density at radius 1 is 1.06 bits per heavy atom. The molecule has 5 rings (SSSR count). The van der Waals surface area contributed by atoms with Crippen molar-refractivity contribution in [3.63, 3.8) is 0 Å². The van der Waals surface area contributed by atoms with Crippen LogP contribution in [0.1, 0.15) is 20.3 Å². The highest BCUT2D eigenvalue weighted by atomic mass is 32.2. The van der Waals surface area contributed by atoms with Crippen LogP contribution in [0.2, 0.25) is 0 Å². The maximum atomic E-state index is 13.1. The van der Waals surface area contributed by atoms with Gasteiger partial charge in [-0.05, 0) is 30.4 Å². The fourth-order valence-corrected chi connectivity index (χ4v) is 5.61. The Hall–Kier alpha value is -3.01. The number of piperidine rings is 1. The molecule has 1 fully saturated rings. The number of benzene rings is 1. The first-order valence-corrected chi connectivity index (χ1v) is 12.2. The van der Waals surface area contributed by atoms with Crippen LogP contribution in [-0.2, 0) is 20.6 Å². The maximum absolute atomic E-state index is 13.1. The van der Waals surface area contributed by atoms with Gasteiger partial charge >= 0.3 is 5.69 Å². The summed E-state index contributed by atoms with van der Waals surface area (Å²) < 4.78 is 10.4. The van der Waals surface area contributed by atoms with Crippen LogP contribution in [0.25, 0.3) is 22.3 Å². The zero-order valence-corrected chi connectivity index (χ0v) is 20.1. The van der Waals surface area contributed by atoms with Gasteiger partial charge in [-0.1, -0.05) is 37.7 Å². The molecular weight excluding hydrogens is 440 g/mol. The molecule has 0 radical (unpaired) electrons. The third-order valence-electron chi connectivity index (χ3n) is 6.29. The largest absolute Gasteiger partial charge is 0.431 e. The number of imidazole rings is 1. The Labute approximate surface area is 195 Å². The second-order valence-corrected chi connectivity index (χ2v) is 10.1. The van der Waals surface area contributed by atoms with Crippen LogP contribution in [0.15, 0.2) is 43.5 Å². The zero-order chi connectivity index (χ0) is 23.3. The highest BCUT2D eigenvalue weighted by Gasteiger charge is 2.28. The van der Waals surface area contributed by atoms with E-state index < -0.39 is 0 Å². The fourth-order valence-electron chi connectivity index (χ4n) is 4.85. The minimum absolute atomic E-state index is 0.322. The van der Waals surface area contributed by atoms with E-state index in [4.69, 9.17) is 9.40 Å². The van der Waals surface area contributed by atoms with E-state index >= 15 is 0 Å². The van der Waals surface area contributed by atoms with Crippen molar-refractivity contribution in [2.75, 3.05) is 23.7 Å². The van der Waals surface area contributed by atoms with E-state index in [1.807, 2.05) is 28.8 Å². The van der Waals surface area contributed by atoms with Crippen LogP contribution in [0.4, 0.5) is 5.95 Å². The summed E-state index contributed by atoms with van der Waals surface area (Å²) in [6.45, 7) is 6.78. The molecule has 1 saturated heterocycles. The van der Waals surface area contributed by atoms with Gasteiger partial charge in [0.1, 0.15) is 5.52 Å². The number of hydrogen-bond acceptors (Lipinski definition) is 7. The average molecular weight is 469 g/mol. The predicted octanol–water partition coefficient (Wildman–Crippen LogP) is 2.85. The minimum atomic E-state index is -0.370. The second-order valence-electron chi connectivity index (χ2n) is 9.09. The summed E-state index contributed by atoms with van der Waals surface area (Å²) in [5.41, 5.74) is 1.78. The average Bonchev–Trinajstić information content (AvgIpc) is 3.37. The first kappa shape index (κ1) is 21.8. The van der Waals surface area contributed by atoms with Gasteiger partial charge in [-0.25, -0.2) is 9.78 Å². The normalized spacial score (nSPS) is 19.1. The van der Waals surface area contributed by atoms with Gasteiger partial charge in [0.2, 0.25) is 5.95 Å². The van der Waals surface area contributed by atoms with Crippen molar-refractivity contribution in [2.45, 2.75) is 32.0 Å². The topological polar surface area (TPSA) is 91.1 Å². The molecule has 9 nitrogen and oxygen atoms in total. The molecule has 4 heterocycles. The van der Waals surface area contributed by atoms with Gasteiger partial charge in [0.15, 0.2) is 16.7 Å². The summed E-state index contributed by atoms with van der Waals surface area (Å²) in [6.07, 6.45) is 1.17. The quantitative estimate of drug-likeness (QED) is 0.416. The summed E-state index contributed by atoms with van der Waals surface area (Å²) in [5, 5.41) is 0.600. The maximum Gasteiger partial charge on any atom is 0.332 e. The number of aromatic nitrogens is 5. The van der Waals surface area contributed by atoms with Gasteiger partial charge in [-0.2, -0.15) is 4.98 Å². The SMILES string of the molecule is C[C@H]1C[C@H](C)CN(c2nc3c(c(=O)n(C)c(=O)n3C)n2CCSc2nc3ccccc3o2)C1. The van der Waals surface area contributed by atoms with E-state index in [0.29, 0.717) is 40.5 Å². The van der Waals surface area contributed by atoms with Gasteiger partial charge < -0.3 is 13.9 Å². The van der Waals surface area contributed by atoms with Crippen molar-refractivity contribution in [3.8, 4) is 0 Å². The molecule has 1 aliphatic rings. The predicted molar refractivity (Wildman–Crippen MR) is 130 cm³/mol. The number of thioether (sulfide) groups is 1. The Kier molecular flexibility index (Phi) is 5.55. The number of aryl methyl sites for hydroxylation is 2. The van der Waals surface area contributed by atoms with Crippen molar-refractivity contribution < 1.29 is 4.42 Å². The van der Waals surface area contributed by atoms with Crippen molar-refractivity contribution in [3.05, 3.63) is 45.1 Å². The van der Waals surface area contributed by atoms with Gasteiger partial charge in [0.25, 0.3) is 10.8 Å². The second kappa shape index (κ2) is 8.40. The summed E-state index contributed by atoms with van der Waals surface area (Å²) in [4.78, 5) is 37.3. The molecule has 10 heteroatoms. The van der Waals surface area contributed by atoms with Crippen LogP contribution >= 0.6 is 11.8 Å². The van der Waals surface area contributed by atoms with E-state index in [2.05, 4.69) is 23.7 Å². The number of nitrogens with zero attached hydrogens (tertiary/aromatic N) is 6. The Morgan fingerprint density at radius 3 is 2.52 bits per heavy atom. The van der Waals surface area contributed by atoms with E-state index in [9.17, 15) is 9.59 Å². The third-order valence-corrected chi connectivity index (χ3v) is 7.10. The number of hydrogen-bond donors (Lipinski definition) is 0. The molecule has 4 aromatic rings. The van der Waals surface area contributed by atoms with Crippen LogP contribution in [0.3, 0.4) is 0 Å². The van der Waals surface area contributed by atoms with E-state index in [-0.39, 0.29) is 11.2 Å². The molecule has 0 spiro atoms. The van der Waals surface area contributed by atoms with Gasteiger partial charge in [-0.15, -0.1) is 0 Å². The first-order valence-electron chi connectivity index (χ1n) is 11.2. The van der Waals surface area contributed by atoms with Gasteiger partial charge in [0.05, 0.1) is 0 Å². The highest BCUT2D eigenvalue weighted by Crippen LogP contribution is 2.29. The highest BCUT2D eigenvalue weighted by molar-refractivity contribution is 7.99. The Balaban J connectivity index is 1.53. The van der Waals surface area contributed by atoms with Crippen LogP contribution < -0.4 is 16.1 Å². The van der Waals surface area contributed by atoms with Crippen molar-refractivity contribution in [1.29, 1.82) is 0 Å². The van der Waals surface area contributed by atoms with Crippen molar-refractivity contribution in [2.24, 2.45) is 25.9 Å². The van der Waals surface area contributed by atoms with Crippen LogP contribution in [0, 0.1) is 11.8 Å². The van der Waals surface area contributed by atoms with Gasteiger partial charge in [0, 0.05) is 39.5 Å². The number of para-hydroxylation sites is 2. The first-order chi connectivity index (χ1) is 15.8. The molecule has 1 aromatic carbocycles. The molecule has 3 aromatic heterocycles. The van der Waals surface area contributed by atoms with Gasteiger partial charge in [-0.3, -0.25) is 13.9 Å². The lowest BCUT2D eigenvalue weighted by atomic mass is 9.92. The number of anilines is 1. The standard InChI is InChI=1S/C23H28N6O3S/c1-14-11-15(2)13-28(12-14)21-25-19-18(20(30)27(4)23(31)26(19)3)29(21)9-10-33-22-24-16-7-5-6-8-17(16)32-22/h5-8,14-15H,9-13H2,1-4H3/t14-,15-/m0/s1. The molecule has 0 unspecified atom stereocenters. The monoisotopic (exact) mass is 468 g/mol. The molecule has 0 aliphatic carbocycles.